The zero-order valence-electron chi connectivity index (χ0n) is 16.8. The van der Waals surface area contributed by atoms with Gasteiger partial charge in [-0.15, -0.1) is 0 Å². The number of pyridine rings is 1. The lowest BCUT2D eigenvalue weighted by molar-refractivity contribution is 0.0302. The van der Waals surface area contributed by atoms with Crippen LogP contribution in [0, 0.1) is 0 Å². The molecule has 8 heteroatoms. The molecule has 154 valence electrons. The number of carbonyl (C=O) groups is 2. The summed E-state index contributed by atoms with van der Waals surface area (Å²) >= 11 is 0. The molecule has 1 N–H and O–H groups in total. The lowest BCUT2D eigenvalue weighted by Gasteiger charge is -2.27. The van der Waals surface area contributed by atoms with E-state index in [-0.39, 0.29) is 17.7 Å². The van der Waals surface area contributed by atoms with Gasteiger partial charge in [0.05, 0.1) is 24.9 Å². The van der Waals surface area contributed by atoms with Gasteiger partial charge in [-0.05, 0) is 44.2 Å². The number of amides is 2. The fourth-order valence-electron chi connectivity index (χ4n) is 3.02. The maximum atomic E-state index is 12.7. The van der Waals surface area contributed by atoms with E-state index >= 15 is 0 Å². The number of carbonyl (C=O) groups excluding carboxylic acids is 2. The van der Waals surface area contributed by atoms with Crippen LogP contribution in [-0.4, -0.2) is 53.7 Å². The van der Waals surface area contributed by atoms with E-state index in [0.717, 1.165) is 0 Å². The number of morpholine rings is 1. The second-order valence-electron chi connectivity index (χ2n) is 7.11. The maximum absolute atomic E-state index is 12.7. The monoisotopic (exact) mass is 399 g/mol. The molecule has 1 fully saturated rings. The van der Waals surface area contributed by atoms with Crippen LogP contribution in [0.3, 0.4) is 0 Å². The van der Waals surface area contributed by atoms with Crippen molar-refractivity contribution in [1.29, 1.82) is 0 Å². The van der Waals surface area contributed by atoms with Crippen molar-refractivity contribution in [2.45, 2.75) is 20.0 Å². The first-order valence-electron chi connectivity index (χ1n) is 9.51. The summed E-state index contributed by atoms with van der Waals surface area (Å²) < 4.78 is 12.1. The molecule has 0 aliphatic carbocycles. The summed E-state index contributed by atoms with van der Waals surface area (Å²) in [7, 11) is 1.55. The van der Waals surface area contributed by atoms with Gasteiger partial charge in [-0.3, -0.25) is 14.4 Å². The van der Waals surface area contributed by atoms with Gasteiger partial charge in [-0.25, -0.2) is 0 Å². The Morgan fingerprint density at radius 2 is 1.76 bits per heavy atom. The van der Waals surface area contributed by atoms with Gasteiger partial charge in [0, 0.05) is 31.9 Å². The molecule has 2 heterocycles. The van der Waals surface area contributed by atoms with Crippen molar-refractivity contribution in [1.82, 2.24) is 9.47 Å². The lowest BCUT2D eigenvalue weighted by atomic mass is 10.2. The van der Waals surface area contributed by atoms with Crippen molar-refractivity contribution in [2.24, 2.45) is 7.05 Å². The zero-order valence-corrected chi connectivity index (χ0v) is 16.8. The summed E-state index contributed by atoms with van der Waals surface area (Å²) in [6.07, 6.45) is 1.51. The molecule has 1 aliphatic heterocycles. The van der Waals surface area contributed by atoms with Gasteiger partial charge in [-0.2, -0.15) is 0 Å². The Labute approximate surface area is 169 Å². The largest absolute Gasteiger partial charge is 0.491 e. The molecule has 1 aromatic heterocycles. The van der Waals surface area contributed by atoms with E-state index in [1.54, 1.807) is 36.2 Å². The van der Waals surface area contributed by atoms with Gasteiger partial charge in [0.25, 0.3) is 17.4 Å². The molecule has 0 bridgehead atoms. The first-order valence-corrected chi connectivity index (χ1v) is 9.51. The molecule has 1 aromatic carbocycles. The summed E-state index contributed by atoms with van der Waals surface area (Å²) in [6.45, 7) is 5.79. The van der Waals surface area contributed by atoms with Crippen LogP contribution in [0.4, 0.5) is 5.69 Å². The fraction of sp³-hybridized carbons (Fsp3) is 0.381. The van der Waals surface area contributed by atoms with Crippen LogP contribution in [0.2, 0.25) is 0 Å². The highest BCUT2D eigenvalue weighted by molar-refractivity contribution is 6.05. The molecule has 0 atom stereocenters. The summed E-state index contributed by atoms with van der Waals surface area (Å²) in [5, 5.41) is 2.62. The van der Waals surface area contributed by atoms with Crippen molar-refractivity contribution in [3.63, 3.8) is 0 Å². The first kappa shape index (κ1) is 20.6. The highest BCUT2D eigenvalue weighted by Crippen LogP contribution is 2.16. The van der Waals surface area contributed by atoms with Crippen LogP contribution in [0.5, 0.6) is 5.75 Å². The lowest BCUT2D eigenvalue weighted by Crippen LogP contribution is -2.41. The van der Waals surface area contributed by atoms with Crippen LogP contribution in [0.1, 0.15) is 34.6 Å². The molecule has 0 saturated carbocycles. The van der Waals surface area contributed by atoms with Gasteiger partial charge < -0.3 is 24.3 Å². The molecule has 1 aliphatic rings. The molecule has 29 heavy (non-hydrogen) atoms. The molecule has 0 unspecified atom stereocenters. The van der Waals surface area contributed by atoms with Crippen LogP contribution in [0.25, 0.3) is 0 Å². The van der Waals surface area contributed by atoms with Crippen molar-refractivity contribution < 1.29 is 19.1 Å². The van der Waals surface area contributed by atoms with Crippen molar-refractivity contribution in [2.75, 3.05) is 31.6 Å². The third-order valence-corrected chi connectivity index (χ3v) is 4.47. The average molecular weight is 399 g/mol. The molecule has 8 nitrogen and oxygen atoms in total. The molecular weight excluding hydrogens is 374 g/mol. The van der Waals surface area contributed by atoms with E-state index in [4.69, 9.17) is 9.47 Å². The topological polar surface area (TPSA) is 89.9 Å². The Balaban J connectivity index is 1.79. The van der Waals surface area contributed by atoms with Crippen LogP contribution in [0.15, 0.2) is 41.3 Å². The Bertz CT molecular complexity index is 944. The minimum Gasteiger partial charge on any atom is -0.491 e. The van der Waals surface area contributed by atoms with E-state index in [0.29, 0.717) is 43.2 Å². The Kier molecular flexibility index (Phi) is 6.33. The van der Waals surface area contributed by atoms with Crippen molar-refractivity contribution in [3.05, 3.63) is 58.0 Å². The number of aryl methyl sites for hydroxylation is 1. The van der Waals surface area contributed by atoms with Gasteiger partial charge in [0.2, 0.25) is 0 Å². The Hall–Kier alpha value is -3.13. The Morgan fingerprint density at radius 1 is 1.10 bits per heavy atom. The van der Waals surface area contributed by atoms with Crippen LogP contribution < -0.4 is 15.6 Å². The molecule has 3 rings (SSSR count). The number of aromatic nitrogens is 1. The van der Waals surface area contributed by atoms with E-state index in [1.165, 1.54) is 16.8 Å². The number of hydrogen-bond donors (Lipinski definition) is 1. The second-order valence-corrected chi connectivity index (χ2v) is 7.11. The molecular formula is C21H25N3O5. The van der Waals surface area contributed by atoms with E-state index in [9.17, 15) is 14.4 Å². The van der Waals surface area contributed by atoms with E-state index < -0.39 is 11.5 Å². The van der Waals surface area contributed by atoms with Crippen molar-refractivity contribution in [3.8, 4) is 5.75 Å². The fourth-order valence-corrected chi connectivity index (χ4v) is 3.02. The second kappa shape index (κ2) is 8.91. The third-order valence-electron chi connectivity index (χ3n) is 4.47. The van der Waals surface area contributed by atoms with Crippen molar-refractivity contribution >= 4 is 17.5 Å². The number of nitrogens with one attached hydrogen (secondary N) is 1. The van der Waals surface area contributed by atoms with Gasteiger partial charge in [0.1, 0.15) is 11.4 Å². The predicted octanol–water partition coefficient (Wildman–Crippen LogP) is 1.90. The number of anilines is 1. The summed E-state index contributed by atoms with van der Waals surface area (Å²) in [4.78, 5) is 39.4. The summed E-state index contributed by atoms with van der Waals surface area (Å²) in [5.41, 5.74) is 0.383. The van der Waals surface area contributed by atoms with Gasteiger partial charge in [0.15, 0.2) is 0 Å². The average Bonchev–Trinajstić information content (AvgIpc) is 2.71. The number of benzene rings is 1. The molecule has 1 saturated heterocycles. The standard InChI is InChI=1S/C21H25N3O5/c1-14(2)29-17-6-4-15(5-7-17)19(25)22-18-12-16(13-23(3)21(18)27)20(26)24-8-10-28-11-9-24/h4-7,12-14H,8-11H2,1-3H3,(H,22,25). The zero-order chi connectivity index (χ0) is 21.0. The van der Waals surface area contributed by atoms with E-state index in [2.05, 4.69) is 5.32 Å². The highest BCUT2D eigenvalue weighted by Gasteiger charge is 2.21. The minimum atomic E-state index is -0.436. The van der Waals surface area contributed by atoms with Gasteiger partial charge in [-0.1, -0.05) is 0 Å². The number of nitrogens with zero attached hydrogens (tertiary/aromatic N) is 2. The quantitative estimate of drug-likeness (QED) is 0.829. The van der Waals surface area contributed by atoms with Crippen LogP contribution >= 0.6 is 0 Å². The number of hydrogen-bond acceptors (Lipinski definition) is 5. The normalized spacial score (nSPS) is 14.0. The molecule has 2 amide bonds. The number of ether oxygens (including phenoxy) is 2. The van der Waals surface area contributed by atoms with Crippen LogP contribution in [-0.2, 0) is 11.8 Å². The highest BCUT2D eigenvalue weighted by atomic mass is 16.5. The first-order chi connectivity index (χ1) is 13.8. The Morgan fingerprint density at radius 3 is 2.38 bits per heavy atom. The molecule has 2 aromatic rings. The molecule has 0 spiro atoms. The number of rotatable bonds is 5. The maximum Gasteiger partial charge on any atom is 0.274 e. The molecule has 0 radical (unpaired) electrons. The predicted molar refractivity (Wildman–Crippen MR) is 109 cm³/mol. The van der Waals surface area contributed by atoms with Gasteiger partial charge >= 0.3 is 0 Å². The third kappa shape index (κ3) is 5.03. The summed E-state index contributed by atoms with van der Waals surface area (Å²) in [6, 6.07) is 8.07. The SMILES string of the molecule is CC(C)Oc1ccc(C(=O)Nc2cc(C(=O)N3CCOCC3)cn(C)c2=O)cc1. The smallest absolute Gasteiger partial charge is 0.274 e. The summed E-state index contributed by atoms with van der Waals surface area (Å²) in [5.74, 6) is 0.0225. The minimum absolute atomic E-state index is 0.0319. The van der Waals surface area contributed by atoms with E-state index in [1.807, 2.05) is 13.8 Å².